The predicted molar refractivity (Wildman–Crippen MR) is 123 cm³/mol. The number of aliphatic imine (C=N–C) groups is 1. The number of nitrogens with one attached hydrogen (secondary N) is 2. The number of rotatable bonds is 11. The fourth-order valence-corrected chi connectivity index (χ4v) is 4.25. The molecular weight excluding hydrogens is 374 g/mol. The number of imidazole rings is 1. The lowest BCUT2D eigenvalue weighted by atomic mass is 9.83. The number of ether oxygens (including phenoxy) is 1. The van der Waals surface area contributed by atoms with Crippen LogP contribution in [0.25, 0.3) is 0 Å². The van der Waals surface area contributed by atoms with Gasteiger partial charge in [-0.05, 0) is 44.1 Å². The first-order valence-electron chi connectivity index (χ1n) is 11.4. The van der Waals surface area contributed by atoms with E-state index in [1.165, 1.54) is 31.2 Å². The van der Waals surface area contributed by atoms with Crippen LogP contribution in [0.15, 0.2) is 47.7 Å². The Balaban J connectivity index is 1.60. The minimum atomic E-state index is 0.330. The molecule has 0 amide bonds. The van der Waals surface area contributed by atoms with E-state index in [4.69, 9.17) is 9.73 Å². The molecule has 1 aliphatic carbocycles. The van der Waals surface area contributed by atoms with Gasteiger partial charge in [-0.25, -0.2) is 9.98 Å². The Labute approximate surface area is 181 Å². The van der Waals surface area contributed by atoms with Crippen LogP contribution < -0.4 is 10.6 Å². The van der Waals surface area contributed by atoms with Gasteiger partial charge in [-0.1, -0.05) is 43.2 Å². The van der Waals surface area contributed by atoms with Crippen LogP contribution in [0, 0.1) is 5.41 Å². The summed E-state index contributed by atoms with van der Waals surface area (Å²) in [6, 6.07) is 10.5. The summed E-state index contributed by atoms with van der Waals surface area (Å²) in [4.78, 5) is 9.36. The van der Waals surface area contributed by atoms with Crippen molar-refractivity contribution < 1.29 is 4.74 Å². The molecule has 0 spiro atoms. The maximum Gasteiger partial charge on any atom is 0.191 e. The van der Waals surface area contributed by atoms with Gasteiger partial charge >= 0.3 is 0 Å². The molecule has 0 bridgehead atoms. The molecule has 1 aromatic heterocycles. The van der Waals surface area contributed by atoms with Crippen LogP contribution in [0.2, 0.25) is 0 Å². The third kappa shape index (κ3) is 6.59. The van der Waals surface area contributed by atoms with E-state index in [0.717, 1.165) is 51.1 Å². The van der Waals surface area contributed by atoms with Crippen LogP contribution >= 0.6 is 0 Å². The molecule has 30 heavy (non-hydrogen) atoms. The highest BCUT2D eigenvalue weighted by Crippen LogP contribution is 2.40. The molecule has 6 nitrogen and oxygen atoms in total. The molecular formula is C24H37N5O. The molecule has 1 fully saturated rings. The minimum Gasteiger partial charge on any atom is -0.382 e. The molecule has 0 saturated heterocycles. The van der Waals surface area contributed by atoms with Crippen molar-refractivity contribution in [1.82, 2.24) is 20.2 Å². The van der Waals surface area contributed by atoms with Crippen molar-refractivity contribution >= 4 is 5.96 Å². The first kappa shape index (κ1) is 22.3. The molecule has 3 rings (SSSR count). The van der Waals surface area contributed by atoms with Crippen molar-refractivity contribution in [2.24, 2.45) is 10.4 Å². The van der Waals surface area contributed by atoms with E-state index in [2.05, 4.69) is 58.3 Å². The number of benzene rings is 1. The Morgan fingerprint density at radius 2 is 1.97 bits per heavy atom. The topological polar surface area (TPSA) is 63.5 Å². The molecule has 1 aliphatic rings. The molecule has 164 valence electrons. The van der Waals surface area contributed by atoms with E-state index in [0.29, 0.717) is 12.0 Å². The van der Waals surface area contributed by atoms with Crippen LogP contribution in [0.3, 0.4) is 0 Å². The molecule has 2 aromatic rings. The summed E-state index contributed by atoms with van der Waals surface area (Å²) in [7, 11) is 0. The summed E-state index contributed by atoms with van der Waals surface area (Å²) >= 11 is 0. The van der Waals surface area contributed by atoms with Crippen LogP contribution in [-0.4, -0.2) is 41.8 Å². The van der Waals surface area contributed by atoms with Gasteiger partial charge in [0.1, 0.15) is 12.4 Å². The van der Waals surface area contributed by atoms with Crippen LogP contribution in [-0.2, 0) is 17.8 Å². The lowest BCUT2D eigenvalue weighted by molar-refractivity contribution is 0.105. The van der Waals surface area contributed by atoms with Crippen LogP contribution in [0.4, 0.5) is 0 Å². The first-order valence-corrected chi connectivity index (χ1v) is 11.4. The predicted octanol–water partition coefficient (Wildman–Crippen LogP) is 3.97. The fraction of sp³-hybridized carbons (Fsp3) is 0.583. The van der Waals surface area contributed by atoms with Crippen molar-refractivity contribution in [2.45, 2.75) is 59.0 Å². The van der Waals surface area contributed by atoms with E-state index in [1.807, 2.05) is 18.5 Å². The molecule has 1 heterocycles. The summed E-state index contributed by atoms with van der Waals surface area (Å²) in [6.07, 6.45) is 10.2. The number of hydrogen-bond acceptors (Lipinski definition) is 3. The maximum atomic E-state index is 5.65. The highest BCUT2D eigenvalue weighted by molar-refractivity contribution is 5.79. The zero-order valence-electron chi connectivity index (χ0n) is 18.6. The van der Waals surface area contributed by atoms with Crippen molar-refractivity contribution in [3.8, 4) is 0 Å². The molecule has 1 aromatic carbocycles. The fourth-order valence-electron chi connectivity index (χ4n) is 4.25. The van der Waals surface area contributed by atoms with Gasteiger partial charge < -0.3 is 19.9 Å². The summed E-state index contributed by atoms with van der Waals surface area (Å²) in [6.45, 7) is 8.98. The second kappa shape index (κ2) is 11.7. The lowest BCUT2D eigenvalue weighted by Crippen LogP contribution is -2.43. The van der Waals surface area contributed by atoms with Gasteiger partial charge in [-0.3, -0.25) is 0 Å². The van der Waals surface area contributed by atoms with Gasteiger partial charge in [0.05, 0.1) is 0 Å². The Kier molecular flexibility index (Phi) is 8.75. The summed E-state index contributed by atoms with van der Waals surface area (Å²) in [5, 5.41) is 7.00. The Hall–Kier alpha value is -2.34. The SMILES string of the molecule is CCNC(=NCc1nccn1Cc1ccccc1)NCC1(CCOCC)CCCC1. The zero-order chi connectivity index (χ0) is 21.1. The molecule has 0 radical (unpaired) electrons. The van der Waals surface area contributed by atoms with E-state index in [9.17, 15) is 0 Å². The first-order chi connectivity index (χ1) is 14.7. The van der Waals surface area contributed by atoms with Gasteiger partial charge in [-0.2, -0.15) is 0 Å². The largest absolute Gasteiger partial charge is 0.382 e. The number of guanidine groups is 1. The standard InChI is InChI=1S/C24H37N5O/c1-3-25-23(28-20-24(12-8-9-13-24)14-17-30-4-2)27-18-22-26-15-16-29(22)19-21-10-6-5-7-11-21/h5-7,10-11,15-16H,3-4,8-9,12-14,17-20H2,1-2H3,(H2,25,27,28). The second-order valence-electron chi connectivity index (χ2n) is 8.16. The zero-order valence-corrected chi connectivity index (χ0v) is 18.6. The minimum absolute atomic E-state index is 0.330. The van der Waals surface area contributed by atoms with E-state index >= 15 is 0 Å². The molecule has 0 atom stereocenters. The van der Waals surface area contributed by atoms with Crippen molar-refractivity contribution in [3.63, 3.8) is 0 Å². The normalized spacial score (nSPS) is 16.0. The Morgan fingerprint density at radius 3 is 2.70 bits per heavy atom. The van der Waals surface area contributed by atoms with E-state index in [1.54, 1.807) is 0 Å². The highest BCUT2D eigenvalue weighted by Gasteiger charge is 2.33. The molecule has 0 aliphatic heterocycles. The van der Waals surface area contributed by atoms with Gasteiger partial charge in [-0.15, -0.1) is 0 Å². The summed E-state index contributed by atoms with van der Waals surface area (Å²) in [5.41, 5.74) is 1.60. The Bertz CT molecular complexity index is 765. The quantitative estimate of drug-likeness (QED) is 0.334. The van der Waals surface area contributed by atoms with E-state index < -0.39 is 0 Å². The Morgan fingerprint density at radius 1 is 1.17 bits per heavy atom. The average molecular weight is 412 g/mol. The van der Waals surface area contributed by atoms with Crippen molar-refractivity contribution in [3.05, 3.63) is 54.1 Å². The van der Waals surface area contributed by atoms with Crippen LogP contribution in [0.5, 0.6) is 0 Å². The van der Waals surface area contributed by atoms with Crippen molar-refractivity contribution in [2.75, 3.05) is 26.3 Å². The van der Waals surface area contributed by atoms with E-state index in [-0.39, 0.29) is 0 Å². The molecule has 0 unspecified atom stereocenters. The van der Waals surface area contributed by atoms with Gasteiger partial charge in [0.25, 0.3) is 0 Å². The average Bonchev–Trinajstić information content (AvgIpc) is 3.41. The third-order valence-corrected chi connectivity index (χ3v) is 6.00. The highest BCUT2D eigenvalue weighted by atomic mass is 16.5. The monoisotopic (exact) mass is 411 g/mol. The number of hydrogen-bond donors (Lipinski definition) is 2. The lowest BCUT2D eigenvalue weighted by Gasteiger charge is -2.30. The summed E-state index contributed by atoms with van der Waals surface area (Å²) in [5.74, 6) is 1.84. The molecule has 6 heteroatoms. The second-order valence-corrected chi connectivity index (χ2v) is 8.16. The molecule has 2 N–H and O–H groups in total. The maximum absolute atomic E-state index is 5.65. The van der Waals surface area contributed by atoms with Gasteiger partial charge in [0, 0.05) is 45.2 Å². The van der Waals surface area contributed by atoms with Crippen LogP contribution in [0.1, 0.15) is 57.3 Å². The smallest absolute Gasteiger partial charge is 0.191 e. The van der Waals surface area contributed by atoms with Crippen molar-refractivity contribution in [1.29, 1.82) is 0 Å². The number of nitrogens with zero attached hydrogens (tertiary/aromatic N) is 3. The number of aromatic nitrogens is 2. The molecule has 1 saturated carbocycles. The van der Waals surface area contributed by atoms with Gasteiger partial charge in [0.15, 0.2) is 5.96 Å². The summed E-state index contributed by atoms with van der Waals surface area (Å²) < 4.78 is 7.82. The third-order valence-electron chi connectivity index (χ3n) is 6.00. The van der Waals surface area contributed by atoms with Gasteiger partial charge in [0.2, 0.25) is 0 Å².